The third-order valence-electron chi connectivity index (χ3n) is 4.43. The molecule has 1 aromatic rings. The lowest BCUT2D eigenvalue weighted by Gasteiger charge is -2.34. The van der Waals surface area contributed by atoms with Crippen LogP contribution in [0.25, 0.3) is 0 Å². The molecule has 1 aliphatic heterocycles. The third-order valence-corrected chi connectivity index (χ3v) is 4.43. The number of amides is 1. The zero-order chi connectivity index (χ0) is 18.8. The van der Waals surface area contributed by atoms with Crippen molar-refractivity contribution >= 4 is 11.9 Å². The molecule has 1 aliphatic rings. The van der Waals surface area contributed by atoms with E-state index < -0.39 is 0 Å². The molecule has 6 heteroatoms. The van der Waals surface area contributed by atoms with Crippen molar-refractivity contribution in [3.63, 3.8) is 0 Å². The van der Waals surface area contributed by atoms with Crippen LogP contribution in [0.5, 0.6) is 5.75 Å². The molecule has 0 aliphatic carbocycles. The largest absolute Gasteiger partial charge is 0.494 e. The Bertz CT molecular complexity index is 603. The van der Waals surface area contributed by atoms with Gasteiger partial charge in [-0.05, 0) is 49.8 Å². The first-order chi connectivity index (χ1) is 12.6. The highest BCUT2D eigenvalue weighted by Crippen LogP contribution is 2.20. The van der Waals surface area contributed by atoms with Crippen LogP contribution in [-0.2, 0) is 11.3 Å². The van der Waals surface area contributed by atoms with E-state index in [1.807, 2.05) is 12.1 Å². The van der Waals surface area contributed by atoms with Crippen LogP contribution in [0.2, 0.25) is 0 Å². The average molecular weight is 361 g/mol. The third kappa shape index (κ3) is 6.58. The lowest BCUT2D eigenvalue weighted by atomic mass is 9.95. The van der Waals surface area contributed by atoms with Crippen molar-refractivity contribution in [1.82, 2.24) is 10.2 Å². The fourth-order valence-electron chi connectivity index (χ4n) is 3.25. The molecule has 2 rings (SSSR count). The molecule has 1 unspecified atom stereocenters. The maximum atomic E-state index is 11.2. The van der Waals surface area contributed by atoms with Crippen molar-refractivity contribution in [3.05, 3.63) is 29.8 Å². The molecule has 6 nitrogen and oxygen atoms in total. The van der Waals surface area contributed by atoms with E-state index >= 15 is 0 Å². The summed E-state index contributed by atoms with van der Waals surface area (Å²) in [5.41, 5.74) is 6.50. The van der Waals surface area contributed by atoms with Gasteiger partial charge in [-0.3, -0.25) is 4.79 Å². The smallest absolute Gasteiger partial charge is 0.217 e. The Kier molecular flexibility index (Phi) is 8.25. The Labute approximate surface area is 156 Å². The lowest BCUT2D eigenvalue weighted by Crippen LogP contribution is -2.47. The molecule has 0 aromatic heterocycles. The Morgan fingerprint density at radius 1 is 1.42 bits per heavy atom. The van der Waals surface area contributed by atoms with Gasteiger partial charge in [0.05, 0.1) is 13.2 Å². The average Bonchev–Trinajstić information content (AvgIpc) is 2.63. The molecular formula is C20H32N4O2. The van der Waals surface area contributed by atoms with E-state index in [1.54, 1.807) is 0 Å². The highest BCUT2D eigenvalue weighted by molar-refractivity contribution is 5.80. The SMILES string of the molecule is CCCOc1cccc(CN=C(NCC)N2CCCC(CC(N)=O)C2)c1. The Morgan fingerprint density at radius 3 is 3.00 bits per heavy atom. The Balaban J connectivity index is 2.02. The van der Waals surface area contributed by atoms with Crippen molar-refractivity contribution in [3.8, 4) is 5.75 Å². The first-order valence-electron chi connectivity index (χ1n) is 9.65. The van der Waals surface area contributed by atoms with E-state index in [0.29, 0.717) is 18.9 Å². The van der Waals surface area contributed by atoms with Crippen LogP contribution in [0.3, 0.4) is 0 Å². The maximum Gasteiger partial charge on any atom is 0.217 e. The van der Waals surface area contributed by atoms with Gasteiger partial charge in [-0.25, -0.2) is 4.99 Å². The van der Waals surface area contributed by atoms with Gasteiger partial charge in [0.15, 0.2) is 5.96 Å². The molecule has 1 fully saturated rings. The number of benzene rings is 1. The number of nitrogens with one attached hydrogen (secondary N) is 1. The van der Waals surface area contributed by atoms with E-state index in [9.17, 15) is 4.79 Å². The summed E-state index contributed by atoms with van der Waals surface area (Å²) in [5.74, 6) is 1.89. The van der Waals surface area contributed by atoms with Crippen LogP contribution in [0.15, 0.2) is 29.3 Å². The minimum atomic E-state index is -0.220. The molecule has 0 spiro atoms. The zero-order valence-corrected chi connectivity index (χ0v) is 16.0. The predicted molar refractivity (Wildman–Crippen MR) is 105 cm³/mol. The lowest BCUT2D eigenvalue weighted by molar-refractivity contribution is -0.119. The standard InChI is InChI=1S/C20H32N4O2/c1-3-11-26-18-9-5-7-16(12-18)14-23-20(22-4-2)24-10-6-8-17(15-24)13-19(21)25/h5,7,9,12,17H,3-4,6,8,10-11,13-15H2,1-2H3,(H2,21,25)(H,22,23). The minimum absolute atomic E-state index is 0.220. The fourth-order valence-corrected chi connectivity index (χ4v) is 3.25. The Hall–Kier alpha value is -2.24. The van der Waals surface area contributed by atoms with E-state index in [2.05, 4.69) is 36.2 Å². The second-order valence-electron chi connectivity index (χ2n) is 6.79. The van der Waals surface area contributed by atoms with Gasteiger partial charge >= 0.3 is 0 Å². The highest BCUT2D eigenvalue weighted by Gasteiger charge is 2.23. The van der Waals surface area contributed by atoms with Gasteiger partial charge < -0.3 is 20.7 Å². The topological polar surface area (TPSA) is 79.9 Å². The highest BCUT2D eigenvalue weighted by atomic mass is 16.5. The summed E-state index contributed by atoms with van der Waals surface area (Å²) in [6, 6.07) is 8.10. The van der Waals surface area contributed by atoms with Gasteiger partial charge in [-0.15, -0.1) is 0 Å². The van der Waals surface area contributed by atoms with Crippen molar-refractivity contribution in [1.29, 1.82) is 0 Å². The molecule has 1 heterocycles. The molecule has 1 saturated heterocycles. The molecule has 144 valence electrons. The number of hydrogen-bond acceptors (Lipinski definition) is 3. The van der Waals surface area contributed by atoms with Gasteiger partial charge in [0.25, 0.3) is 0 Å². The second kappa shape index (κ2) is 10.7. The van der Waals surface area contributed by atoms with Crippen molar-refractivity contribution < 1.29 is 9.53 Å². The van der Waals surface area contributed by atoms with Crippen molar-refractivity contribution in [2.24, 2.45) is 16.6 Å². The molecule has 0 radical (unpaired) electrons. The number of aliphatic imine (C=N–C) groups is 1. The number of guanidine groups is 1. The number of carbonyl (C=O) groups is 1. The van der Waals surface area contributed by atoms with Crippen LogP contribution in [0.4, 0.5) is 0 Å². The van der Waals surface area contributed by atoms with Crippen LogP contribution in [-0.4, -0.2) is 43.0 Å². The van der Waals surface area contributed by atoms with Gasteiger partial charge in [0, 0.05) is 26.1 Å². The monoisotopic (exact) mass is 360 g/mol. The normalized spacial score (nSPS) is 17.8. The molecule has 1 aromatic carbocycles. The minimum Gasteiger partial charge on any atom is -0.494 e. The summed E-state index contributed by atoms with van der Waals surface area (Å²) in [6.07, 6.45) is 3.56. The number of piperidine rings is 1. The summed E-state index contributed by atoms with van der Waals surface area (Å²) in [4.78, 5) is 18.3. The van der Waals surface area contributed by atoms with Gasteiger partial charge in [-0.1, -0.05) is 19.1 Å². The first-order valence-corrected chi connectivity index (χ1v) is 9.65. The summed E-state index contributed by atoms with van der Waals surface area (Å²) < 4.78 is 5.70. The molecule has 1 atom stereocenters. The van der Waals surface area contributed by atoms with E-state index in [-0.39, 0.29) is 5.91 Å². The number of rotatable bonds is 8. The number of nitrogens with zero attached hydrogens (tertiary/aromatic N) is 2. The number of ether oxygens (including phenoxy) is 1. The number of carbonyl (C=O) groups excluding carboxylic acids is 1. The number of nitrogens with two attached hydrogens (primary N) is 1. The molecule has 0 saturated carbocycles. The predicted octanol–water partition coefficient (Wildman–Crippen LogP) is 2.53. The number of likely N-dealkylation sites (tertiary alicyclic amines) is 1. The van der Waals surface area contributed by atoms with E-state index in [1.165, 1.54) is 0 Å². The second-order valence-corrected chi connectivity index (χ2v) is 6.79. The molecular weight excluding hydrogens is 328 g/mol. The van der Waals surface area contributed by atoms with Crippen LogP contribution in [0.1, 0.15) is 45.1 Å². The van der Waals surface area contributed by atoms with Gasteiger partial charge in [-0.2, -0.15) is 0 Å². The fraction of sp³-hybridized carbons (Fsp3) is 0.600. The van der Waals surface area contributed by atoms with Gasteiger partial charge in [0.1, 0.15) is 5.75 Å². The molecule has 26 heavy (non-hydrogen) atoms. The number of hydrogen-bond donors (Lipinski definition) is 2. The maximum absolute atomic E-state index is 11.2. The van der Waals surface area contributed by atoms with Crippen LogP contribution >= 0.6 is 0 Å². The molecule has 3 N–H and O–H groups in total. The van der Waals surface area contributed by atoms with Gasteiger partial charge in [0.2, 0.25) is 5.91 Å². The Morgan fingerprint density at radius 2 is 2.27 bits per heavy atom. The number of primary amides is 1. The zero-order valence-electron chi connectivity index (χ0n) is 16.0. The molecule has 0 bridgehead atoms. The van der Waals surface area contributed by atoms with Crippen LogP contribution < -0.4 is 15.8 Å². The summed E-state index contributed by atoms with van der Waals surface area (Å²) in [7, 11) is 0. The quantitative estimate of drug-likeness (QED) is 0.551. The summed E-state index contributed by atoms with van der Waals surface area (Å²) in [6.45, 7) is 8.10. The van der Waals surface area contributed by atoms with Crippen molar-refractivity contribution in [2.75, 3.05) is 26.2 Å². The van der Waals surface area contributed by atoms with E-state index in [0.717, 1.165) is 62.8 Å². The summed E-state index contributed by atoms with van der Waals surface area (Å²) >= 11 is 0. The summed E-state index contributed by atoms with van der Waals surface area (Å²) in [5, 5.41) is 3.37. The molecule has 1 amide bonds. The van der Waals surface area contributed by atoms with E-state index in [4.69, 9.17) is 15.5 Å². The van der Waals surface area contributed by atoms with Crippen LogP contribution in [0, 0.1) is 5.92 Å². The first kappa shape index (κ1) is 20.1. The van der Waals surface area contributed by atoms with Crippen molar-refractivity contribution in [2.45, 2.75) is 46.1 Å².